The number of carbonyl (C=O) groups excluding carboxylic acids is 2. The number of carboxylic acid groups (broad SMARTS) is 1. The van der Waals surface area contributed by atoms with E-state index in [1.807, 2.05) is 109 Å². The molecule has 6 aliphatic carbocycles. The number of carboxylic acids is 1. The minimum Gasteiger partial charge on any atom is -0.509 e. The molecule has 110 heavy (non-hydrogen) atoms. The van der Waals surface area contributed by atoms with Crippen LogP contribution in [0.25, 0.3) is 33.4 Å². The van der Waals surface area contributed by atoms with Gasteiger partial charge in [0.2, 0.25) is 0 Å². The first kappa shape index (κ1) is 102. The van der Waals surface area contributed by atoms with Crippen LogP contribution in [0.5, 0.6) is 11.5 Å². The zero-order valence-electron chi connectivity index (χ0n) is 63.0. The second-order valence-electron chi connectivity index (χ2n) is 28.0. The average molecular weight is 1830 g/mol. The Balaban J connectivity index is 0.000000352. The third-order valence-corrected chi connectivity index (χ3v) is 31.3. The molecule has 592 valence electrons. The number of ether oxygens (including phenoxy) is 3. The predicted molar refractivity (Wildman–Crippen MR) is 470 cm³/mol. The van der Waals surface area contributed by atoms with Gasteiger partial charge >= 0.3 is 19.1 Å². The molecule has 6 saturated carbocycles. The SMILES string of the molecule is C.C.C.C1CCC(P(C2CCCCC2)C2CCCCC2)CC1.C1CCC(P(C2CCCCC2)C2CCCCC2)CC1.CCOC(=O)c1csc(COc2ccc(I)cc2)n1.O=C(O)c1csc(COc2ccc(-c3cccc(-c4ccccc4)c3)cc2)n1.O=[C-]OO.OB(O)c1cccc(-c2ccccc2)c1.[K].[K].[Pd]. The number of halogens is 1. The minimum absolute atomic E-state index is 0. The summed E-state index contributed by atoms with van der Waals surface area (Å²) in [5, 5.41) is 38.6. The molecule has 6 aromatic carbocycles. The van der Waals surface area contributed by atoms with Crippen LogP contribution in [0.1, 0.15) is 253 Å². The summed E-state index contributed by atoms with van der Waals surface area (Å²) in [6.45, 7) is 3.46. The number of carbonyl (C=O) groups is 2. The van der Waals surface area contributed by atoms with Crippen LogP contribution in [0.4, 0.5) is 0 Å². The van der Waals surface area contributed by atoms with E-state index in [-0.39, 0.29) is 164 Å². The molecule has 0 bridgehead atoms. The van der Waals surface area contributed by atoms with E-state index in [0.717, 1.165) is 48.8 Å². The van der Waals surface area contributed by atoms with E-state index in [1.54, 1.807) is 179 Å². The minimum atomic E-state index is -1.41. The Labute approximate surface area is 782 Å². The van der Waals surface area contributed by atoms with Crippen molar-refractivity contribution in [3.63, 3.8) is 0 Å². The van der Waals surface area contributed by atoms with Crippen molar-refractivity contribution in [3.8, 4) is 44.9 Å². The quantitative estimate of drug-likeness (QED) is 0.0107. The number of hydrogen-bond acceptors (Lipinski definition) is 14. The number of rotatable bonds is 20. The normalized spacial score (nSPS) is 16.0. The maximum Gasteiger partial charge on any atom is 0.488 e. The molecule has 0 atom stereocenters. The van der Waals surface area contributed by atoms with Crippen molar-refractivity contribution in [1.82, 2.24) is 9.97 Å². The fourth-order valence-corrected chi connectivity index (χ4v) is 26.9. The Morgan fingerprint density at radius 1 is 0.464 bits per heavy atom. The van der Waals surface area contributed by atoms with Crippen molar-refractivity contribution in [2.45, 2.75) is 269 Å². The van der Waals surface area contributed by atoms with Gasteiger partial charge in [-0.3, -0.25) is 0 Å². The molecule has 0 aliphatic heterocycles. The summed E-state index contributed by atoms with van der Waals surface area (Å²) in [5.74, 6) is 0.0900. The molecular formula is C88H119BIK2N2O11P2PdS2-. The van der Waals surface area contributed by atoms with E-state index in [0.29, 0.717) is 45.2 Å². The molecule has 0 unspecified atom stereocenters. The second-order valence-corrected chi connectivity index (χ2v) is 37.3. The summed E-state index contributed by atoms with van der Waals surface area (Å²) in [5.41, 5.74) is 14.7. The van der Waals surface area contributed by atoms with Gasteiger partial charge in [0.1, 0.15) is 34.7 Å². The number of nitrogens with zero attached hydrogens (tertiary/aromatic N) is 2. The van der Waals surface area contributed by atoms with Gasteiger partial charge in [-0.1, -0.05) is 269 Å². The molecule has 2 heterocycles. The number of benzene rings is 6. The fraction of sp³-hybridized carbons (Fsp3) is 0.489. The Kier molecular flexibility index (Phi) is 54.7. The molecule has 2 radical (unpaired) electrons. The van der Waals surface area contributed by atoms with E-state index in [2.05, 4.69) is 73.8 Å². The van der Waals surface area contributed by atoms with Crippen molar-refractivity contribution in [1.29, 1.82) is 0 Å². The number of thiazole rings is 2. The van der Waals surface area contributed by atoms with Crippen molar-refractivity contribution in [2.75, 3.05) is 6.61 Å². The molecule has 6 fully saturated rings. The molecule has 4 N–H and O–H groups in total. The van der Waals surface area contributed by atoms with Gasteiger partial charge in [-0.05, 0) is 228 Å². The fourth-order valence-electron chi connectivity index (χ4n) is 15.8. The first-order valence-electron chi connectivity index (χ1n) is 38.3. The summed E-state index contributed by atoms with van der Waals surface area (Å²) in [6.07, 6.45) is 47.2. The first-order valence-corrected chi connectivity index (χ1v) is 44.2. The smallest absolute Gasteiger partial charge is 0.488 e. The van der Waals surface area contributed by atoms with Gasteiger partial charge in [-0.2, -0.15) is 0 Å². The van der Waals surface area contributed by atoms with Crippen LogP contribution < -0.4 is 14.9 Å². The van der Waals surface area contributed by atoms with Crippen LogP contribution >= 0.6 is 61.1 Å². The van der Waals surface area contributed by atoms with Crippen molar-refractivity contribution < 1.29 is 74.3 Å². The number of aromatic nitrogens is 2. The Bertz CT molecular complexity index is 3590. The van der Waals surface area contributed by atoms with Crippen molar-refractivity contribution in [2.24, 2.45) is 0 Å². The van der Waals surface area contributed by atoms with E-state index >= 15 is 0 Å². The number of hydrogen-bond donors (Lipinski definition) is 4. The predicted octanol–water partition coefficient (Wildman–Crippen LogP) is 23.9. The van der Waals surface area contributed by atoms with Gasteiger partial charge in [-0.15, -0.1) is 22.7 Å². The largest absolute Gasteiger partial charge is 0.509 e. The van der Waals surface area contributed by atoms with Gasteiger partial charge in [0, 0.05) is 138 Å². The van der Waals surface area contributed by atoms with Crippen LogP contribution in [0.2, 0.25) is 0 Å². The number of aromatic carboxylic acids is 1. The summed E-state index contributed by atoms with van der Waals surface area (Å²) >= 11 is 4.90. The molecule has 14 rings (SSSR count). The summed E-state index contributed by atoms with van der Waals surface area (Å²) in [4.78, 5) is 41.8. The monoisotopic (exact) mass is 1830 g/mol. The molecule has 22 heteroatoms. The standard InChI is InChI=1S/C23H17NO3S.2C18H33P.C13H12INO3S.C12H11BO2.CHO3.3CH4.2K.Pd/c25-23(26)21-15-28-22(24-21)14-27-20-11-9-17(10-12-20)19-8-4-7-18(13-19)16-5-2-1-3-6-16;2*1-4-10-16(11-5-1)19(17-12-6-2-7-13-17)18-14-8-3-9-15-18;1-2-17-13(16)11-8-19-12(15-11)7-18-10-5-3-9(14)4-6-10;14-13(15)12-8-4-7-11(9-12)10-5-2-1-3-6-10;2-1-4-3;;;;;;/h1-13,15H,14H2,(H,25,26);2*16-18H,1-15H2;3-6,8H,2,7H2,1H3;1-9,14-15H;3H;3*1H4;;;/q;;;;;-1;;;;;;. The van der Waals surface area contributed by atoms with Gasteiger partial charge in [0.15, 0.2) is 11.4 Å². The van der Waals surface area contributed by atoms with Gasteiger partial charge in [0.05, 0.1) is 6.61 Å². The molecule has 8 aromatic rings. The van der Waals surface area contributed by atoms with Gasteiger partial charge < -0.3 is 39.0 Å². The zero-order chi connectivity index (χ0) is 72.9. The maximum absolute atomic E-state index is 11.5. The Morgan fingerprint density at radius 2 is 0.773 bits per heavy atom. The Morgan fingerprint density at radius 3 is 1.10 bits per heavy atom. The van der Waals surface area contributed by atoms with E-state index in [1.165, 1.54) is 112 Å². The summed E-state index contributed by atoms with van der Waals surface area (Å²) in [6, 6.07) is 51.4. The number of esters is 1. The molecule has 0 saturated heterocycles. The topological polar surface area (TPSA) is 195 Å². The van der Waals surface area contributed by atoms with E-state index < -0.39 is 13.1 Å². The second kappa shape index (κ2) is 58.8. The van der Waals surface area contributed by atoms with Crippen LogP contribution in [0, 0.1) is 3.57 Å². The maximum atomic E-state index is 11.5. The van der Waals surface area contributed by atoms with Crippen LogP contribution in [0.15, 0.2) is 168 Å². The van der Waals surface area contributed by atoms with E-state index in [9.17, 15) is 9.59 Å². The zero-order valence-corrected chi connectivity index (χ0v) is 76.4. The molecule has 13 nitrogen and oxygen atoms in total. The summed E-state index contributed by atoms with van der Waals surface area (Å²) < 4.78 is 17.4. The summed E-state index contributed by atoms with van der Waals surface area (Å²) in [7, 11) is -0.639. The van der Waals surface area contributed by atoms with Crippen LogP contribution in [-0.4, -0.2) is 199 Å². The van der Waals surface area contributed by atoms with Gasteiger partial charge in [-0.25, -0.2) is 24.8 Å². The Hall–Kier alpha value is -1.94. The average Bonchev–Trinajstić information content (AvgIpc) is 1.56. The van der Waals surface area contributed by atoms with E-state index in [4.69, 9.17) is 39.4 Å². The van der Waals surface area contributed by atoms with Crippen LogP contribution in [0.3, 0.4) is 0 Å². The van der Waals surface area contributed by atoms with Crippen molar-refractivity contribution in [3.05, 3.63) is 193 Å². The molecule has 0 spiro atoms. The molecular weight excluding hydrogens is 1710 g/mol. The first-order chi connectivity index (χ1) is 51.0. The third-order valence-electron chi connectivity index (χ3n) is 20.8. The van der Waals surface area contributed by atoms with Gasteiger partial charge in [0.25, 0.3) is 0 Å². The molecule has 0 amide bonds. The van der Waals surface area contributed by atoms with Crippen molar-refractivity contribution >= 4 is 195 Å². The van der Waals surface area contributed by atoms with Crippen LogP contribution in [-0.2, 0) is 48.1 Å². The molecule has 2 aromatic heterocycles. The molecule has 6 aliphatic rings. The third kappa shape index (κ3) is 35.3.